The Bertz CT molecular complexity index is 801. The van der Waals surface area contributed by atoms with Crippen molar-refractivity contribution in [1.82, 2.24) is 5.32 Å². The van der Waals surface area contributed by atoms with Gasteiger partial charge in [0.05, 0.1) is 11.1 Å². The number of hydrogen-bond donors (Lipinski definition) is 2. The molecule has 7 heteroatoms. The molecule has 0 fully saturated rings. The molecule has 26 heavy (non-hydrogen) atoms. The molecule has 2 aromatic carbocycles. The number of carbonyl (C=O) groups excluding carboxylic acids is 1. The van der Waals surface area contributed by atoms with Gasteiger partial charge in [-0.2, -0.15) is 13.2 Å². The molecule has 1 atom stereocenters. The molecule has 0 spiro atoms. The molecular weight excluding hydrogens is 347 g/mol. The quantitative estimate of drug-likeness (QED) is 0.816. The standard InChI is InChI=1S/C19H16F3NO3/c20-19(21,22)15-11-5-4-10-14(15)17(24)23-16(18(25)26)12-6-9-13-7-2-1-3-8-13/h1-11,16H,12H2,(H,23,24)(H,25,26)/b9-6+/t16-/m0/s1. The SMILES string of the molecule is O=C(N[C@@H](C/C=C/c1ccccc1)C(=O)O)c1ccccc1C(F)(F)F. The fourth-order valence-electron chi connectivity index (χ4n) is 2.29. The monoisotopic (exact) mass is 363 g/mol. The molecule has 136 valence electrons. The molecular formula is C19H16F3NO3. The van der Waals surface area contributed by atoms with Crippen LogP contribution in [0.5, 0.6) is 0 Å². The largest absolute Gasteiger partial charge is 0.480 e. The zero-order valence-electron chi connectivity index (χ0n) is 13.5. The highest BCUT2D eigenvalue weighted by Gasteiger charge is 2.35. The smallest absolute Gasteiger partial charge is 0.417 e. The van der Waals surface area contributed by atoms with E-state index in [1.807, 2.05) is 30.3 Å². The number of carboxylic acids is 1. The lowest BCUT2D eigenvalue weighted by Crippen LogP contribution is -2.41. The number of halogens is 3. The molecule has 2 aromatic rings. The minimum absolute atomic E-state index is 0.0653. The summed E-state index contributed by atoms with van der Waals surface area (Å²) in [5.41, 5.74) is -0.884. The number of benzene rings is 2. The number of alkyl halides is 3. The van der Waals surface area contributed by atoms with Gasteiger partial charge in [-0.05, 0) is 24.1 Å². The van der Waals surface area contributed by atoms with Crippen molar-refractivity contribution in [2.24, 2.45) is 0 Å². The van der Waals surface area contributed by atoms with Crippen molar-refractivity contribution in [3.05, 3.63) is 77.4 Å². The summed E-state index contributed by atoms with van der Waals surface area (Å²) < 4.78 is 39.0. The van der Waals surface area contributed by atoms with Crippen LogP contribution in [0.2, 0.25) is 0 Å². The van der Waals surface area contributed by atoms with E-state index in [1.165, 1.54) is 6.07 Å². The second kappa shape index (κ2) is 8.33. The highest BCUT2D eigenvalue weighted by molar-refractivity contribution is 5.98. The molecule has 1 amide bonds. The Kier molecular flexibility index (Phi) is 6.16. The first-order chi connectivity index (χ1) is 12.3. The lowest BCUT2D eigenvalue weighted by atomic mass is 10.1. The molecule has 4 nitrogen and oxygen atoms in total. The summed E-state index contributed by atoms with van der Waals surface area (Å²) in [5, 5.41) is 11.4. The third kappa shape index (κ3) is 5.20. The summed E-state index contributed by atoms with van der Waals surface area (Å²) in [6.45, 7) is 0. The van der Waals surface area contributed by atoms with Crippen LogP contribution in [0.3, 0.4) is 0 Å². The summed E-state index contributed by atoms with van der Waals surface area (Å²) in [5.74, 6) is -2.42. The molecule has 0 saturated heterocycles. The van der Waals surface area contributed by atoms with Crippen molar-refractivity contribution < 1.29 is 27.9 Å². The molecule has 0 heterocycles. The van der Waals surface area contributed by atoms with Gasteiger partial charge in [0.1, 0.15) is 6.04 Å². The maximum absolute atomic E-state index is 13.0. The van der Waals surface area contributed by atoms with Crippen molar-refractivity contribution in [2.75, 3.05) is 0 Å². The van der Waals surface area contributed by atoms with Gasteiger partial charge in [0.15, 0.2) is 0 Å². The Balaban J connectivity index is 2.12. The number of nitrogens with one attached hydrogen (secondary N) is 1. The van der Waals surface area contributed by atoms with Gasteiger partial charge < -0.3 is 10.4 Å². The van der Waals surface area contributed by atoms with E-state index >= 15 is 0 Å². The zero-order valence-corrected chi connectivity index (χ0v) is 13.5. The van der Waals surface area contributed by atoms with E-state index in [-0.39, 0.29) is 6.42 Å². The van der Waals surface area contributed by atoms with Gasteiger partial charge in [-0.1, -0.05) is 54.6 Å². The van der Waals surface area contributed by atoms with Crippen molar-refractivity contribution in [3.8, 4) is 0 Å². The fourth-order valence-corrected chi connectivity index (χ4v) is 2.29. The zero-order chi connectivity index (χ0) is 19.2. The van der Waals surface area contributed by atoms with E-state index in [2.05, 4.69) is 5.32 Å². The molecule has 0 radical (unpaired) electrons. The molecule has 0 unspecified atom stereocenters. The molecule has 2 rings (SSSR count). The van der Waals surface area contributed by atoms with Crippen LogP contribution in [0, 0.1) is 0 Å². The van der Waals surface area contributed by atoms with E-state index in [9.17, 15) is 27.9 Å². The second-order valence-corrected chi connectivity index (χ2v) is 5.46. The van der Waals surface area contributed by atoms with Crippen LogP contribution in [-0.2, 0) is 11.0 Å². The molecule has 2 N–H and O–H groups in total. The number of rotatable bonds is 6. The lowest BCUT2D eigenvalue weighted by Gasteiger charge is -2.16. The van der Waals surface area contributed by atoms with Gasteiger partial charge in [-0.25, -0.2) is 4.79 Å². The summed E-state index contributed by atoms with van der Waals surface area (Å²) in [4.78, 5) is 23.5. The van der Waals surface area contributed by atoms with Crippen LogP contribution in [0.4, 0.5) is 13.2 Å². The molecule has 0 saturated carbocycles. The maximum atomic E-state index is 13.0. The van der Waals surface area contributed by atoms with Gasteiger partial charge in [-0.3, -0.25) is 4.79 Å². The van der Waals surface area contributed by atoms with E-state index in [4.69, 9.17) is 0 Å². The molecule has 0 aliphatic rings. The first kappa shape index (κ1) is 19.2. The number of amides is 1. The maximum Gasteiger partial charge on any atom is 0.417 e. The first-order valence-corrected chi connectivity index (χ1v) is 7.70. The van der Waals surface area contributed by atoms with Crippen LogP contribution in [-0.4, -0.2) is 23.0 Å². The van der Waals surface area contributed by atoms with Crippen molar-refractivity contribution in [1.29, 1.82) is 0 Å². The van der Waals surface area contributed by atoms with Crippen molar-refractivity contribution in [3.63, 3.8) is 0 Å². The normalized spacial score (nSPS) is 12.7. The van der Waals surface area contributed by atoms with Gasteiger partial charge >= 0.3 is 12.1 Å². The Morgan fingerprint density at radius 1 is 1.04 bits per heavy atom. The summed E-state index contributed by atoms with van der Waals surface area (Å²) in [7, 11) is 0. The van der Waals surface area contributed by atoms with Gasteiger partial charge in [-0.15, -0.1) is 0 Å². The molecule has 0 bridgehead atoms. The van der Waals surface area contributed by atoms with Gasteiger partial charge in [0.2, 0.25) is 0 Å². The van der Waals surface area contributed by atoms with Crippen LogP contribution < -0.4 is 5.32 Å². The van der Waals surface area contributed by atoms with E-state index < -0.39 is 35.2 Å². The Morgan fingerprint density at radius 2 is 1.65 bits per heavy atom. The number of aliphatic carboxylic acids is 1. The molecule has 0 aliphatic heterocycles. The number of carbonyl (C=O) groups is 2. The molecule has 0 aliphatic carbocycles. The number of hydrogen-bond acceptors (Lipinski definition) is 2. The van der Waals surface area contributed by atoms with Crippen LogP contribution in [0.15, 0.2) is 60.7 Å². The summed E-state index contributed by atoms with van der Waals surface area (Å²) in [6.07, 6.45) is -1.56. The van der Waals surface area contributed by atoms with Crippen LogP contribution in [0.25, 0.3) is 6.08 Å². The summed E-state index contributed by atoms with van der Waals surface area (Å²) >= 11 is 0. The van der Waals surface area contributed by atoms with E-state index in [1.54, 1.807) is 12.2 Å². The number of carboxylic acid groups (broad SMARTS) is 1. The molecule has 0 aromatic heterocycles. The minimum Gasteiger partial charge on any atom is -0.480 e. The third-order valence-electron chi connectivity index (χ3n) is 3.56. The van der Waals surface area contributed by atoms with E-state index in [0.29, 0.717) is 0 Å². The lowest BCUT2D eigenvalue weighted by molar-refractivity contribution is -0.139. The van der Waals surface area contributed by atoms with Gasteiger partial charge in [0, 0.05) is 0 Å². The summed E-state index contributed by atoms with van der Waals surface area (Å²) in [6, 6.07) is 12.0. The highest BCUT2D eigenvalue weighted by Crippen LogP contribution is 2.31. The Labute approximate surface area is 148 Å². The second-order valence-electron chi connectivity index (χ2n) is 5.46. The average molecular weight is 363 g/mol. The van der Waals surface area contributed by atoms with Crippen molar-refractivity contribution >= 4 is 18.0 Å². The highest BCUT2D eigenvalue weighted by atomic mass is 19.4. The fraction of sp³-hybridized carbons (Fsp3) is 0.158. The van der Waals surface area contributed by atoms with Crippen molar-refractivity contribution in [2.45, 2.75) is 18.6 Å². The van der Waals surface area contributed by atoms with E-state index in [0.717, 1.165) is 23.8 Å². The van der Waals surface area contributed by atoms with Crippen LogP contribution >= 0.6 is 0 Å². The van der Waals surface area contributed by atoms with Crippen LogP contribution in [0.1, 0.15) is 27.9 Å². The minimum atomic E-state index is -4.71. The average Bonchev–Trinajstić information content (AvgIpc) is 2.60. The predicted molar refractivity (Wildman–Crippen MR) is 90.4 cm³/mol. The van der Waals surface area contributed by atoms with Gasteiger partial charge in [0.25, 0.3) is 5.91 Å². The predicted octanol–water partition coefficient (Wildman–Crippen LogP) is 3.99. The topological polar surface area (TPSA) is 66.4 Å². The Morgan fingerprint density at radius 3 is 2.27 bits per heavy atom. The third-order valence-corrected chi connectivity index (χ3v) is 3.56. The Hall–Kier alpha value is -3.09. The first-order valence-electron chi connectivity index (χ1n) is 7.70.